The summed E-state index contributed by atoms with van der Waals surface area (Å²) >= 11 is 1.64. The van der Waals surface area contributed by atoms with Crippen LogP contribution in [0.4, 0.5) is 5.69 Å². The van der Waals surface area contributed by atoms with Gasteiger partial charge in [0.15, 0.2) is 17.3 Å². The number of hydrogen-bond donors (Lipinski definition) is 1. The lowest BCUT2D eigenvalue weighted by molar-refractivity contribution is -0.385. The van der Waals surface area contributed by atoms with E-state index >= 15 is 0 Å². The topological polar surface area (TPSA) is 117 Å². The Morgan fingerprint density at radius 2 is 2.00 bits per heavy atom. The minimum atomic E-state index is -0.943. The largest absolute Gasteiger partial charge is 0.461 e. The predicted octanol–water partition coefficient (Wildman–Crippen LogP) is 4.22. The fourth-order valence-electron chi connectivity index (χ4n) is 4.77. The summed E-state index contributed by atoms with van der Waals surface area (Å²) < 4.78 is 16.4. The number of rotatable bonds is 7. The molecule has 4 rings (SSSR count). The average Bonchev–Trinajstić information content (AvgIpc) is 3.21. The number of hydrogen-bond acceptors (Lipinski definition) is 9. The smallest absolute Gasteiger partial charge is 0.336 e. The molecule has 0 saturated carbocycles. The number of dihydropyridines is 1. The highest BCUT2D eigenvalue weighted by molar-refractivity contribution is 7.99. The Morgan fingerprint density at radius 1 is 1.29 bits per heavy atom. The van der Waals surface area contributed by atoms with Gasteiger partial charge in [0.05, 0.1) is 22.5 Å². The second-order valence-electron chi connectivity index (χ2n) is 9.28. The number of fused-ring (bicyclic) bond motifs is 1. The van der Waals surface area contributed by atoms with Gasteiger partial charge in [-0.15, -0.1) is 0 Å². The second-order valence-corrected chi connectivity index (χ2v) is 10.7. The third-order valence-electron chi connectivity index (χ3n) is 6.15. The standard InChI is InChI=1S/C24H28N2O7S/c1-5-34-7-6-31-23(28)20-13(2)25-15-10-24(3,4)11-17(27)22(15)21(20)14-8-18-19(33-12-32-18)9-16(14)26(29)30/h8-9,21,25H,5-7,10-12H2,1-4H3/t21-/m0/s1. The van der Waals surface area contributed by atoms with E-state index in [9.17, 15) is 19.7 Å². The van der Waals surface area contributed by atoms with Crippen molar-refractivity contribution in [1.82, 2.24) is 5.32 Å². The molecule has 34 heavy (non-hydrogen) atoms. The van der Waals surface area contributed by atoms with E-state index in [1.807, 2.05) is 20.8 Å². The van der Waals surface area contributed by atoms with Crippen molar-refractivity contribution in [3.63, 3.8) is 0 Å². The monoisotopic (exact) mass is 488 g/mol. The summed E-state index contributed by atoms with van der Waals surface area (Å²) in [6.07, 6.45) is 0.854. The van der Waals surface area contributed by atoms with Gasteiger partial charge in [-0.05, 0) is 30.6 Å². The second kappa shape index (κ2) is 9.32. The maximum Gasteiger partial charge on any atom is 0.336 e. The number of esters is 1. The first-order valence-corrected chi connectivity index (χ1v) is 12.3. The highest BCUT2D eigenvalue weighted by Gasteiger charge is 2.45. The van der Waals surface area contributed by atoms with Gasteiger partial charge in [-0.3, -0.25) is 14.9 Å². The number of nitrogens with zero attached hydrogens (tertiary/aromatic N) is 1. The van der Waals surface area contributed by atoms with Gasteiger partial charge in [-0.1, -0.05) is 20.8 Å². The molecule has 9 nitrogen and oxygen atoms in total. The summed E-state index contributed by atoms with van der Waals surface area (Å²) in [7, 11) is 0. The SMILES string of the molecule is CCSCCOC(=O)C1=C(C)NC2=C(C(=O)CC(C)(C)C2)[C@H]1c1cc2c(cc1[N+](=O)[O-])OCO2. The number of carbonyl (C=O) groups excluding carboxylic acids is 2. The van der Waals surface area contributed by atoms with Gasteiger partial charge in [0.25, 0.3) is 5.69 Å². The molecule has 1 aromatic carbocycles. The Balaban J connectivity index is 1.86. The number of allylic oxidation sites excluding steroid dienone is 3. The number of nitro groups is 1. The number of Topliss-reactive ketones (excluding diaryl/α,β-unsaturated/α-hetero) is 1. The quantitative estimate of drug-likeness (QED) is 0.260. The first kappa shape index (κ1) is 24.1. The molecular weight excluding hydrogens is 460 g/mol. The zero-order chi connectivity index (χ0) is 24.6. The van der Waals surface area contributed by atoms with E-state index < -0.39 is 16.8 Å². The van der Waals surface area contributed by atoms with Crippen molar-refractivity contribution in [2.24, 2.45) is 5.41 Å². The van der Waals surface area contributed by atoms with Crippen molar-refractivity contribution in [2.75, 3.05) is 24.9 Å². The number of thioether (sulfide) groups is 1. The third kappa shape index (κ3) is 4.51. The van der Waals surface area contributed by atoms with E-state index in [2.05, 4.69) is 5.32 Å². The maximum absolute atomic E-state index is 13.4. The Hall–Kier alpha value is -3.01. The number of nitrogens with one attached hydrogen (secondary N) is 1. The van der Waals surface area contributed by atoms with Crippen molar-refractivity contribution in [3.8, 4) is 11.5 Å². The summed E-state index contributed by atoms with van der Waals surface area (Å²) in [5, 5.41) is 15.3. The zero-order valence-electron chi connectivity index (χ0n) is 19.7. The lowest BCUT2D eigenvalue weighted by Crippen LogP contribution is -2.39. The van der Waals surface area contributed by atoms with Crippen molar-refractivity contribution in [1.29, 1.82) is 0 Å². The summed E-state index contributed by atoms with van der Waals surface area (Å²) in [4.78, 5) is 38.3. The predicted molar refractivity (Wildman–Crippen MR) is 127 cm³/mol. The molecule has 2 heterocycles. The van der Waals surface area contributed by atoms with Crippen LogP contribution in [0.2, 0.25) is 0 Å². The van der Waals surface area contributed by atoms with Crippen LogP contribution < -0.4 is 14.8 Å². The molecule has 0 amide bonds. The van der Waals surface area contributed by atoms with E-state index in [0.29, 0.717) is 34.9 Å². The molecule has 0 unspecified atom stereocenters. The van der Waals surface area contributed by atoms with Gasteiger partial charge in [0, 0.05) is 34.7 Å². The van der Waals surface area contributed by atoms with Gasteiger partial charge in [-0.25, -0.2) is 4.79 Å². The number of carbonyl (C=O) groups is 2. The average molecular weight is 489 g/mol. The molecule has 1 aromatic rings. The molecule has 0 radical (unpaired) electrons. The molecule has 3 aliphatic rings. The van der Waals surface area contributed by atoms with Crippen molar-refractivity contribution in [3.05, 3.63) is 50.4 Å². The van der Waals surface area contributed by atoms with E-state index in [0.717, 1.165) is 5.75 Å². The van der Waals surface area contributed by atoms with Crippen LogP contribution in [0.3, 0.4) is 0 Å². The third-order valence-corrected chi connectivity index (χ3v) is 7.02. The van der Waals surface area contributed by atoms with Crippen LogP contribution in [0.25, 0.3) is 0 Å². The van der Waals surface area contributed by atoms with Crippen LogP contribution in [-0.4, -0.2) is 41.6 Å². The summed E-state index contributed by atoms with van der Waals surface area (Å²) in [5.41, 5.74) is 1.50. The van der Waals surface area contributed by atoms with Crippen LogP contribution in [-0.2, 0) is 14.3 Å². The van der Waals surface area contributed by atoms with E-state index in [1.165, 1.54) is 12.1 Å². The van der Waals surface area contributed by atoms with Gasteiger partial charge >= 0.3 is 5.97 Å². The Morgan fingerprint density at radius 3 is 2.68 bits per heavy atom. The summed E-state index contributed by atoms with van der Waals surface area (Å²) in [6, 6.07) is 2.81. The number of nitro benzene ring substituents is 1. The molecule has 0 spiro atoms. The Labute approximate surface area is 202 Å². The lowest BCUT2D eigenvalue weighted by Gasteiger charge is -2.39. The zero-order valence-corrected chi connectivity index (χ0v) is 20.5. The molecule has 0 aromatic heterocycles. The minimum absolute atomic E-state index is 0.0535. The Kier molecular flexibility index (Phi) is 6.62. The fraction of sp³-hybridized carbons (Fsp3) is 0.500. The van der Waals surface area contributed by atoms with E-state index in [4.69, 9.17) is 14.2 Å². The highest BCUT2D eigenvalue weighted by atomic mass is 32.2. The summed E-state index contributed by atoms with van der Waals surface area (Å²) in [5.74, 6) is 0.454. The van der Waals surface area contributed by atoms with E-state index in [-0.39, 0.29) is 53.6 Å². The minimum Gasteiger partial charge on any atom is -0.461 e. The van der Waals surface area contributed by atoms with Crippen molar-refractivity contribution >= 4 is 29.2 Å². The highest BCUT2D eigenvalue weighted by Crippen LogP contribution is 2.50. The normalized spacial score (nSPS) is 20.7. The van der Waals surface area contributed by atoms with Crippen LogP contribution >= 0.6 is 11.8 Å². The van der Waals surface area contributed by atoms with Gasteiger partial charge in [0.1, 0.15) is 6.61 Å². The molecule has 2 aliphatic heterocycles. The first-order chi connectivity index (χ1) is 16.1. The maximum atomic E-state index is 13.4. The molecule has 0 saturated heterocycles. The number of benzene rings is 1. The van der Waals surface area contributed by atoms with Crippen LogP contribution in [0.5, 0.6) is 11.5 Å². The first-order valence-electron chi connectivity index (χ1n) is 11.2. The molecule has 0 bridgehead atoms. The van der Waals surface area contributed by atoms with Gasteiger partial charge in [0.2, 0.25) is 6.79 Å². The van der Waals surface area contributed by atoms with Crippen LogP contribution in [0, 0.1) is 15.5 Å². The lowest BCUT2D eigenvalue weighted by atomic mass is 9.68. The van der Waals surface area contributed by atoms with Gasteiger partial charge in [-0.2, -0.15) is 11.8 Å². The number of ketones is 1. The molecular formula is C24H28N2O7S. The Bertz CT molecular complexity index is 1120. The van der Waals surface area contributed by atoms with Gasteiger partial charge < -0.3 is 19.5 Å². The van der Waals surface area contributed by atoms with E-state index in [1.54, 1.807) is 18.7 Å². The molecule has 1 aliphatic carbocycles. The van der Waals surface area contributed by atoms with Crippen molar-refractivity contribution in [2.45, 2.75) is 46.5 Å². The molecule has 1 N–H and O–H groups in total. The number of ether oxygens (including phenoxy) is 3. The fourth-order valence-corrected chi connectivity index (χ4v) is 5.26. The van der Waals surface area contributed by atoms with Crippen LogP contribution in [0.1, 0.15) is 52.0 Å². The summed E-state index contributed by atoms with van der Waals surface area (Å²) in [6.45, 7) is 7.91. The van der Waals surface area contributed by atoms with Crippen molar-refractivity contribution < 1.29 is 28.7 Å². The van der Waals surface area contributed by atoms with Crippen LogP contribution in [0.15, 0.2) is 34.7 Å². The molecule has 0 fully saturated rings. The molecule has 1 atom stereocenters. The molecule has 10 heteroatoms. The molecule has 182 valence electrons.